The first-order valence-electron chi connectivity index (χ1n) is 5.41. The number of methoxy groups -OCH3 is 5. The largest absolute Gasteiger partial charge is 0.394 e. The van der Waals surface area contributed by atoms with E-state index in [1.807, 2.05) is 0 Å². The van der Waals surface area contributed by atoms with Crippen molar-refractivity contribution >= 4 is 0 Å². The van der Waals surface area contributed by atoms with Gasteiger partial charge in [0.25, 0.3) is 0 Å². The zero-order valence-electron chi connectivity index (χ0n) is 11.2. The van der Waals surface area contributed by atoms with Crippen molar-refractivity contribution in [3.8, 4) is 0 Å². The van der Waals surface area contributed by atoms with Crippen molar-refractivity contribution < 1.29 is 28.8 Å². The second-order valence-corrected chi connectivity index (χ2v) is 3.59. The number of ether oxygens (including phenoxy) is 5. The van der Waals surface area contributed by atoms with Crippen LogP contribution in [0.3, 0.4) is 0 Å². The summed E-state index contributed by atoms with van der Waals surface area (Å²) in [6.07, 6.45) is -1.59. The third-order valence-corrected chi connectivity index (χ3v) is 2.72. The summed E-state index contributed by atoms with van der Waals surface area (Å²) in [5.74, 6) is 0. The first kappa shape index (κ1) is 16.8. The Bertz CT molecular complexity index is 173. The Kier molecular flexibility index (Phi) is 9.62. The van der Waals surface area contributed by atoms with E-state index in [0.717, 1.165) is 0 Å². The van der Waals surface area contributed by atoms with Crippen LogP contribution in [-0.2, 0) is 23.7 Å². The van der Waals surface area contributed by atoms with Gasteiger partial charge in [0.2, 0.25) is 0 Å². The van der Waals surface area contributed by atoms with Gasteiger partial charge in [0, 0.05) is 35.5 Å². The predicted octanol–water partition coefficient (Wildman–Crippen LogP) is -0.315. The maximum absolute atomic E-state index is 9.22. The van der Waals surface area contributed by atoms with E-state index in [4.69, 9.17) is 23.7 Å². The minimum atomic E-state index is -0.473. The van der Waals surface area contributed by atoms with Crippen molar-refractivity contribution in [2.24, 2.45) is 0 Å². The molecular weight excluding hydrogens is 228 g/mol. The van der Waals surface area contributed by atoms with Crippen LogP contribution in [0.5, 0.6) is 0 Å². The van der Waals surface area contributed by atoms with Crippen LogP contribution in [0.15, 0.2) is 0 Å². The fraction of sp³-hybridized carbons (Fsp3) is 1.00. The van der Waals surface area contributed by atoms with Gasteiger partial charge in [-0.2, -0.15) is 0 Å². The van der Waals surface area contributed by atoms with Crippen LogP contribution < -0.4 is 0 Å². The number of aliphatic hydroxyl groups is 1. The summed E-state index contributed by atoms with van der Waals surface area (Å²) < 4.78 is 26.2. The third kappa shape index (κ3) is 4.87. The Morgan fingerprint density at radius 1 is 0.765 bits per heavy atom. The molecule has 6 heteroatoms. The van der Waals surface area contributed by atoms with Crippen molar-refractivity contribution in [1.29, 1.82) is 0 Å². The number of hydrogen-bond donors (Lipinski definition) is 1. The molecule has 0 aliphatic carbocycles. The maximum Gasteiger partial charge on any atom is 0.114 e. The highest BCUT2D eigenvalue weighted by atomic mass is 16.6. The van der Waals surface area contributed by atoms with Crippen molar-refractivity contribution in [2.75, 3.05) is 48.8 Å². The molecule has 0 heterocycles. The van der Waals surface area contributed by atoms with Gasteiger partial charge in [0.05, 0.1) is 13.2 Å². The molecule has 0 radical (unpaired) electrons. The lowest BCUT2D eigenvalue weighted by Gasteiger charge is -2.34. The summed E-state index contributed by atoms with van der Waals surface area (Å²) in [4.78, 5) is 0. The lowest BCUT2D eigenvalue weighted by molar-refractivity contribution is -0.164. The molecule has 0 saturated carbocycles. The topological polar surface area (TPSA) is 66.4 Å². The second-order valence-electron chi connectivity index (χ2n) is 3.59. The molecular formula is C11H24O6. The Labute approximate surface area is 103 Å². The third-order valence-electron chi connectivity index (χ3n) is 2.72. The van der Waals surface area contributed by atoms with Crippen molar-refractivity contribution in [1.82, 2.24) is 0 Å². The molecule has 1 N–H and O–H groups in total. The standard InChI is InChI=1S/C11H24O6/c1-13-7-9(15-3)11(17-5)10(16-4)8(6-12)14-2/h8-12H,6-7H2,1-5H3/t8-,9-,10-,11-/m1/s1. The molecule has 17 heavy (non-hydrogen) atoms. The Morgan fingerprint density at radius 2 is 1.24 bits per heavy atom. The summed E-state index contributed by atoms with van der Waals surface area (Å²) in [6, 6.07) is 0. The summed E-state index contributed by atoms with van der Waals surface area (Å²) in [6.45, 7) is 0.217. The van der Waals surface area contributed by atoms with Crippen LogP contribution in [0, 0.1) is 0 Å². The monoisotopic (exact) mass is 252 g/mol. The molecule has 0 spiro atoms. The summed E-state index contributed by atoms with van der Waals surface area (Å²) >= 11 is 0. The van der Waals surface area contributed by atoms with Gasteiger partial charge in [0.15, 0.2) is 0 Å². The van der Waals surface area contributed by atoms with Gasteiger partial charge in [-0.05, 0) is 0 Å². The van der Waals surface area contributed by atoms with Gasteiger partial charge in [-0.3, -0.25) is 0 Å². The fourth-order valence-electron chi connectivity index (χ4n) is 1.77. The Hall–Kier alpha value is -0.240. The normalized spacial score (nSPS) is 18.7. The minimum absolute atomic E-state index is 0.154. The molecule has 4 atom stereocenters. The zero-order valence-corrected chi connectivity index (χ0v) is 11.2. The van der Waals surface area contributed by atoms with E-state index >= 15 is 0 Å². The molecule has 0 aliphatic heterocycles. The van der Waals surface area contributed by atoms with Gasteiger partial charge in [0.1, 0.15) is 24.4 Å². The quantitative estimate of drug-likeness (QED) is 0.575. The number of rotatable bonds is 10. The van der Waals surface area contributed by atoms with E-state index in [2.05, 4.69) is 0 Å². The molecule has 0 aromatic carbocycles. The summed E-state index contributed by atoms with van der Waals surface area (Å²) in [5.41, 5.74) is 0. The average molecular weight is 252 g/mol. The average Bonchev–Trinajstić information content (AvgIpc) is 2.37. The molecule has 0 aromatic rings. The van der Waals surface area contributed by atoms with Gasteiger partial charge in [-0.1, -0.05) is 0 Å². The lowest BCUT2D eigenvalue weighted by atomic mass is 10.0. The highest BCUT2D eigenvalue weighted by Crippen LogP contribution is 2.16. The van der Waals surface area contributed by atoms with E-state index < -0.39 is 12.2 Å². The highest BCUT2D eigenvalue weighted by molar-refractivity contribution is 4.84. The van der Waals surface area contributed by atoms with Gasteiger partial charge < -0.3 is 28.8 Å². The van der Waals surface area contributed by atoms with Crippen LogP contribution >= 0.6 is 0 Å². The molecule has 0 fully saturated rings. The van der Waals surface area contributed by atoms with E-state index in [9.17, 15) is 5.11 Å². The lowest BCUT2D eigenvalue weighted by Crippen LogP contribution is -2.50. The van der Waals surface area contributed by atoms with E-state index in [1.54, 1.807) is 21.3 Å². The van der Waals surface area contributed by atoms with E-state index in [1.165, 1.54) is 14.2 Å². The van der Waals surface area contributed by atoms with Crippen LogP contribution in [0.2, 0.25) is 0 Å². The smallest absolute Gasteiger partial charge is 0.114 e. The SMILES string of the molecule is COC[C@@H](OC)[C@@H](OC)[C@H](OC)[C@@H](CO)OC. The molecule has 0 unspecified atom stereocenters. The molecule has 0 rings (SSSR count). The number of hydrogen-bond acceptors (Lipinski definition) is 6. The van der Waals surface area contributed by atoms with Crippen molar-refractivity contribution in [3.05, 3.63) is 0 Å². The van der Waals surface area contributed by atoms with Gasteiger partial charge in [-0.25, -0.2) is 0 Å². The Balaban J connectivity index is 4.76. The summed E-state index contributed by atoms with van der Waals surface area (Å²) in [5, 5.41) is 9.22. The van der Waals surface area contributed by atoms with Crippen LogP contribution in [0.25, 0.3) is 0 Å². The van der Waals surface area contributed by atoms with Gasteiger partial charge >= 0.3 is 0 Å². The van der Waals surface area contributed by atoms with Crippen LogP contribution in [-0.4, -0.2) is 78.3 Å². The number of aliphatic hydroxyl groups excluding tert-OH is 1. The Morgan fingerprint density at radius 3 is 1.53 bits per heavy atom. The minimum Gasteiger partial charge on any atom is -0.394 e. The molecule has 104 valence electrons. The van der Waals surface area contributed by atoms with E-state index in [-0.39, 0.29) is 18.8 Å². The first-order valence-corrected chi connectivity index (χ1v) is 5.41. The predicted molar refractivity (Wildman–Crippen MR) is 62.1 cm³/mol. The van der Waals surface area contributed by atoms with E-state index in [0.29, 0.717) is 6.61 Å². The van der Waals surface area contributed by atoms with Gasteiger partial charge in [-0.15, -0.1) is 0 Å². The zero-order chi connectivity index (χ0) is 13.3. The van der Waals surface area contributed by atoms with Crippen molar-refractivity contribution in [2.45, 2.75) is 24.4 Å². The molecule has 0 aliphatic rings. The molecule has 0 bridgehead atoms. The van der Waals surface area contributed by atoms with Crippen LogP contribution in [0.1, 0.15) is 0 Å². The second kappa shape index (κ2) is 9.76. The maximum atomic E-state index is 9.22. The highest BCUT2D eigenvalue weighted by Gasteiger charge is 2.35. The summed E-state index contributed by atoms with van der Waals surface area (Å²) in [7, 11) is 7.77. The molecule has 0 aromatic heterocycles. The molecule has 6 nitrogen and oxygen atoms in total. The fourth-order valence-corrected chi connectivity index (χ4v) is 1.77. The molecule has 0 saturated heterocycles. The van der Waals surface area contributed by atoms with Crippen LogP contribution in [0.4, 0.5) is 0 Å². The van der Waals surface area contributed by atoms with Crippen molar-refractivity contribution in [3.63, 3.8) is 0 Å². The first-order chi connectivity index (χ1) is 8.19. The molecule has 0 amide bonds.